The number of nitrogens with one attached hydrogen (secondary N) is 1. The molecule has 3 N–H and O–H groups in total. The van der Waals surface area contributed by atoms with Crippen LogP contribution in [0.15, 0.2) is 0 Å². The van der Waals surface area contributed by atoms with Gasteiger partial charge in [-0.25, -0.2) is 5.84 Å². The van der Waals surface area contributed by atoms with E-state index in [1.54, 1.807) is 9.80 Å². The van der Waals surface area contributed by atoms with Crippen molar-refractivity contribution in [2.75, 3.05) is 31.9 Å². The highest BCUT2D eigenvalue weighted by atomic mass is 32.2. The Kier molecular flexibility index (Phi) is 4.65. The zero-order chi connectivity index (χ0) is 13.8. The summed E-state index contributed by atoms with van der Waals surface area (Å²) in [6.07, 6.45) is 1.24. The Morgan fingerprint density at radius 3 is 2.53 bits per heavy atom. The van der Waals surface area contributed by atoms with Crippen molar-refractivity contribution in [3.63, 3.8) is 0 Å². The van der Waals surface area contributed by atoms with Gasteiger partial charge in [-0.15, -0.1) is 0 Å². The maximum atomic E-state index is 12.0. The Morgan fingerprint density at radius 2 is 2.00 bits per heavy atom. The van der Waals surface area contributed by atoms with Gasteiger partial charge in [0.1, 0.15) is 6.54 Å². The summed E-state index contributed by atoms with van der Waals surface area (Å²) in [4.78, 5) is 38.1. The van der Waals surface area contributed by atoms with Crippen molar-refractivity contribution in [2.45, 2.75) is 12.8 Å². The molecule has 2 rings (SSSR count). The average Bonchev–Trinajstić information content (AvgIpc) is 2.83. The lowest BCUT2D eigenvalue weighted by Crippen LogP contribution is -2.47. The van der Waals surface area contributed by atoms with E-state index >= 15 is 0 Å². The normalized spacial score (nSPS) is 20.8. The van der Waals surface area contributed by atoms with Gasteiger partial charge in [0.25, 0.3) is 5.24 Å². The highest BCUT2D eigenvalue weighted by Gasteiger charge is 2.29. The molecule has 2 aliphatic heterocycles. The fraction of sp³-hybridized carbons (Fsp3) is 0.727. The van der Waals surface area contributed by atoms with Crippen LogP contribution in [-0.4, -0.2) is 58.8 Å². The van der Waals surface area contributed by atoms with Crippen LogP contribution in [0.3, 0.4) is 0 Å². The number of hydrogen-bond acceptors (Lipinski definition) is 5. The predicted molar refractivity (Wildman–Crippen MR) is 71.1 cm³/mol. The molecule has 2 heterocycles. The molecular formula is C11H18N4O3S. The molecule has 0 aromatic rings. The SMILES string of the molecule is NNC(=O)C1CCN(C(=O)CN2CCSC2=O)CC1. The van der Waals surface area contributed by atoms with Crippen molar-refractivity contribution in [2.24, 2.45) is 11.8 Å². The predicted octanol–water partition coefficient (Wildman–Crippen LogP) is -0.616. The number of carbonyl (C=O) groups excluding carboxylic acids is 3. The molecule has 2 aliphatic rings. The van der Waals surface area contributed by atoms with Crippen molar-refractivity contribution in [3.8, 4) is 0 Å². The maximum Gasteiger partial charge on any atom is 0.282 e. The van der Waals surface area contributed by atoms with E-state index in [0.29, 0.717) is 32.5 Å². The number of hydrazine groups is 1. The van der Waals surface area contributed by atoms with Crippen LogP contribution in [0.25, 0.3) is 0 Å². The molecule has 8 heteroatoms. The number of nitrogens with two attached hydrogens (primary N) is 1. The number of rotatable bonds is 3. The minimum absolute atomic E-state index is 0.0225. The van der Waals surface area contributed by atoms with Gasteiger partial charge >= 0.3 is 0 Å². The van der Waals surface area contributed by atoms with Gasteiger partial charge in [0, 0.05) is 31.3 Å². The van der Waals surface area contributed by atoms with Crippen LogP contribution in [0.2, 0.25) is 0 Å². The van der Waals surface area contributed by atoms with E-state index in [0.717, 1.165) is 5.75 Å². The lowest BCUT2D eigenvalue weighted by atomic mass is 9.96. The van der Waals surface area contributed by atoms with Gasteiger partial charge in [0.15, 0.2) is 0 Å². The first-order chi connectivity index (χ1) is 9.11. The third-order valence-electron chi connectivity index (χ3n) is 3.53. The second kappa shape index (κ2) is 6.25. The largest absolute Gasteiger partial charge is 0.341 e. The molecule has 106 valence electrons. The third-order valence-corrected chi connectivity index (χ3v) is 4.42. The Balaban J connectivity index is 1.79. The summed E-state index contributed by atoms with van der Waals surface area (Å²) in [7, 11) is 0. The first-order valence-corrected chi connectivity index (χ1v) is 7.30. The van der Waals surface area contributed by atoms with Gasteiger partial charge in [0.2, 0.25) is 11.8 Å². The van der Waals surface area contributed by atoms with Crippen LogP contribution in [0.1, 0.15) is 12.8 Å². The molecule has 19 heavy (non-hydrogen) atoms. The van der Waals surface area contributed by atoms with Crippen molar-refractivity contribution in [1.82, 2.24) is 15.2 Å². The van der Waals surface area contributed by atoms with Crippen LogP contribution in [0.4, 0.5) is 4.79 Å². The summed E-state index contributed by atoms with van der Waals surface area (Å²) in [6.45, 7) is 1.89. The van der Waals surface area contributed by atoms with E-state index in [9.17, 15) is 14.4 Å². The molecule has 0 spiro atoms. The van der Waals surface area contributed by atoms with Gasteiger partial charge in [0.05, 0.1) is 0 Å². The fourth-order valence-corrected chi connectivity index (χ4v) is 3.17. The minimum atomic E-state index is -0.168. The van der Waals surface area contributed by atoms with Crippen molar-refractivity contribution in [1.29, 1.82) is 0 Å². The molecule has 0 atom stereocenters. The van der Waals surface area contributed by atoms with Gasteiger partial charge < -0.3 is 9.80 Å². The monoisotopic (exact) mass is 286 g/mol. The molecular weight excluding hydrogens is 268 g/mol. The summed E-state index contributed by atoms with van der Waals surface area (Å²) in [5.74, 6) is 5.53. The number of thioether (sulfide) groups is 1. The number of hydrogen-bond donors (Lipinski definition) is 2. The Morgan fingerprint density at radius 1 is 1.32 bits per heavy atom. The Bertz CT molecular complexity index is 382. The highest BCUT2D eigenvalue weighted by Crippen LogP contribution is 2.20. The lowest BCUT2D eigenvalue weighted by molar-refractivity contribution is -0.135. The van der Waals surface area contributed by atoms with Crippen LogP contribution >= 0.6 is 11.8 Å². The first kappa shape index (κ1) is 14.1. The molecule has 0 radical (unpaired) electrons. The second-order valence-corrected chi connectivity index (χ2v) is 5.75. The number of amides is 3. The summed E-state index contributed by atoms with van der Waals surface area (Å²) < 4.78 is 0. The first-order valence-electron chi connectivity index (χ1n) is 6.31. The summed E-state index contributed by atoms with van der Waals surface area (Å²) in [6, 6.07) is 0. The van der Waals surface area contributed by atoms with E-state index in [4.69, 9.17) is 5.84 Å². The summed E-state index contributed by atoms with van der Waals surface area (Å²) >= 11 is 1.25. The highest BCUT2D eigenvalue weighted by molar-refractivity contribution is 8.13. The van der Waals surface area contributed by atoms with Crippen molar-refractivity contribution >= 4 is 28.8 Å². The third kappa shape index (κ3) is 3.38. The number of nitrogens with zero attached hydrogens (tertiary/aromatic N) is 2. The van der Waals surface area contributed by atoms with Crippen molar-refractivity contribution < 1.29 is 14.4 Å². The molecule has 0 aromatic carbocycles. The van der Waals surface area contributed by atoms with E-state index in [1.807, 2.05) is 0 Å². The minimum Gasteiger partial charge on any atom is -0.341 e. The number of likely N-dealkylation sites (tertiary alicyclic amines) is 1. The van der Waals surface area contributed by atoms with E-state index in [-0.39, 0.29) is 29.5 Å². The van der Waals surface area contributed by atoms with Gasteiger partial charge in [-0.3, -0.25) is 19.8 Å². The van der Waals surface area contributed by atoms with Gasteiger partial charge in [-0.2, -0.15) is 0 Å². The molecule has 0 aliphatic carbocycles. The van der Waals surface area contributed by atoms with Crippen LogP contribution in [0, 0.1) is 5.92 Å². The Hall–Kier alpha value is -1.28. The fourth-order valence-electron chi connectivity index (χ4n) is 2.34. The number of piperidine rings is 1. The smallest absolute Gasteiger partial charge is 0.282 e. The van der Waals surface area contributed by atoms with Crippen LogP contribution < -0.4 is 11.3 Å². The maximum absolute atomic E-state index is 12.0. The van der Waals surface area contributed by atoms with Gasteiger partial charge in [-0.1, -0.05) is 11.8 Å². The zero-order valence-corrected chi connectivity index (χ0v) is 11.4. The second-order valence-electron chi connectivity index (χ2n) is 4.70. The summed E-state index contributed by atoms with van der Waals surface area (Å²) in [5.41, 5.74) is 2.15. The quantitative estimate of drug-likeness (QED) is 0.410. The molecule has 0 unspecified atom stereocenters. The summed E-state index contributed by atoms with van der Waals surface area (Å²) in [5, 5.41) is -0.0225. The molecule has 3 amide bonds. The molecule has 2 saturated heterocycles. The lowest BCUT2D eigenvalue weighted by Gasteiger charge is -2.32. The van der Waals surface area contributed by atoms with E-state index < -0.39 is 0 Å². The number of carbonyl (C=O) groups is 3. The average molecular weight is 286 g/mol. The molecule has 7 nitrogen and oxygen atoms in total. The molecule has 0 aromatic heterocycles. The molecule has 2 fully saturated rings. The van der Waals surface area contributed by atoms with Gasteiger partial charge in [-0.05, 0) is 12.8 Å². The Labute approximate surface area is 115 Å². The van der Waals surface area contributed by atoms with Crippen molar-refractivity contribution in [3.05, 3.63) is 0 Å². The standard InChI is InChI=1S/C11H18N4O3S/c12-13-10(17)8-1-3-14(4-2-8)9(16)7-15-5-6-19-11(15)18/h8H,1-7,12H2,(H,13,17). The molecule has 0 bridgehead atoms. The topological polar surface area (TPSA) is 95.7 Å². The van der Waals surface area contributed by atoms with E-state index in [1.165, 1.54) is 11.8 Å². The van der Waals surface area contributed by atoms with E-state index in [2.05, 4.69) is 5.43 Å². The van der Waals surface area contributed by atoms with Crippen LogP contribution in [-0.2, 0) is 9.59 Å². The van der Waals surface area contributed by atoms with Crippen LogP contribution in [0.5, 0.6) is 0 Å². The zero-order valence-electron chi connectivity index (χ0n) is 10.6. The molecule has 0 saturated carbocycles.